The fraction of sp³-hybridized carbons (Fsp3) is 0.333. The Morgan fingerprint density at radius 2 is 1.54 bits per heavy atom. The fourth-order valence-corrected chi connectivity index (χ4v) is 4.36. The van der Waals surface area contributed by atoms with Crippen LogP contribution in [-0.4, -0.2) is 0 Å². The Bertz CT molecular complexity index is 1030. The number of aryl methyl sites for hydroxylation is 1. The Labute approximate surface area is 167 Å². The van der Waals surface area contributed by atoms with Crippen molar-refractivity contribution in [1.29, 1.82) is 0 Å². The molecule has 1 fully saturated rings. The average molecular weight is 371 g/mol. The third-order valence-electron chi connectivity index (χ3n) is 6.25. The first-order valence-electron chi connectivity index (χ1n) is 10.4. The van der Waals surface area contributed by atoms with Gasteiger partial charge >= 0.3 is 0 Å². The molecule has 4 rings (SSSR count). The molecule has 0 bridgehead atoms. The van der Waals surface area contributed by atoms with E-state index < -0.39 is 0 Å². The molecule has 0 heterocycles. The largest absolute Gasteiger partial charge is 0.206 e. The van der Waals surface area contributed by atoms with E-state index in [0.29, 0.717) is 5.92 Å². The molecule has 0 aliphatic heterocycles. The van der Waals surface area contributed by atoms with Crippen molar-refractivity contribution < 1.29 is 4.39 Å². The quantitative estimate of drug-likeness (QED) is 0.413. The molecule has 1 heteroatoms. The fourth-order valence-electron chi connectivity index (χ4n) is 4.36. The number of rotatable bonds is 2. The van der Waals surface area contributed by atoms with Crippen LogP contribution in [0.4, 0.5) is 4.39 Å². The van der Waals surface area contributed by atoms with E-state index in [0.717, 1.165) is 46.2 Å². The van der Waals surface area contributed by atoms with Crippen molar-refractivity contribution in [2.24, 2.45) is 5.92 Å². The standard InChI is InChI=1S/C27H27F/c1-3-20-10-13-23(14-11-20)25-17-15-24-18-22(12-16-26(24)27(25)28)9-8-21-6-4-19(2)5-7-21/h4-7,12,15-18,20,23H,3,10-11,13-14H2,1-2H3. The summed E-state index contributed by atoms with van der Waals surface area (Å²) in [6.07, 6.45) is 5.93. The van der Waals surface area contributed by atoms with Gasteiger partial charge in [-0.05, 0) is 79.7 Å². The summed E-state index contributed by atoms with van der Waals surface area (Å²) < 4.78 is 15.2. The molecule has 1 aliphatic carbocycles. The summed E-state index contributed by atoms with van der Waals surface area (Å²) in [4.78, 5) is 0. The van der Waals surface area contributed by atoms with Gasteiger partial charge in [0, 0.05) is 16.5 Å². The second kappa shape index (κ2) is 8.19. The van der Waals surface area contributed by atoms with Crippen LogP contribution in [-0.2, 0) is 0 Å². The van der Waals surface area contributed by atoms with Crippen molar-refractivity contribution in [3.63, 3.8) is 0 Å². The zero-order chi connectivity index (χ0) is 19.5. The number of fused-ring (bicyclic) bond motifs is 1. The zero-order valence-electron chi connectivity index (χ0n) is 16.8. The molecule has 0 aromatic heterocycles. The Balaban J connectivity index is 1.59. The van der Waals surface area contributed by atoms with E-state index in [1.54, 1.807) is 0 Å². The van der Waals surface area contributed by atoms with Gasteiger partial charge in [0.1, 0.15) is 5.82 Å². The van der Waals surface area contributed by atoms with Gasteiger partial charge in [-0.25, -0.2) is 4.39 Å². The molecule has 28 heavy (non-hydrogen) atoms. The molecule has 3 aromatic carbocycles. The highest BCUT2D eigenvalue weighted by Crippen LogP contribution is 2.39. The van der Waals surface area contributed by atoms with Gasteiger partial charge in [0.25, 0.3) is 0 Å². The van der Waals surface area contributed by atoms with Crippen LogP contribution in [0.2, 0.25) is 0 Å². The minimum Gasteiger partial charge on any atom is -0.206 e. The lowest BCUT2D eigenvalue weighted by Gasteiger charge is -2.28. The third kappa shape index (κ3) is 3.97. The van der Waals surface area contributed by atoms with Crippen LogP contribution in [0.25, 0.3) is 10.8 Å². The Morgan fingerprint density at radius 3 is 2.25 bits per heavy atom. The smallest absolute Gasteiger partial charge is 0.134 e. The second-order valence-corrected chi connectivity index (χ2v) is 8.15. The van der Waals surface area contributed by atoms with Crippen molar-refractivity contribution in [3.05, 3.63) is 82.7 Å². The van der Waals surface area contributed by atoms with Crippen LogP contribution in [0.15, 0.2) is 54.6 Å². The van der Waals surface area contributed by atoms with E-state index in [-0.39, 0.29) is 5.82 Å². The van der Waals surface area contributed by atoms with E-state index in [1.165, 1.54) is 24.8 Å². The van der Waals surface area contributed by atoms with Gasteiger partial charge in [0.15, 0.2) is 0 Å². The van der Waals surface area contributed by atoms with Crippen LogP contribution in [0, 0.1) is 30.5 Å². The summed E-state index contributed by atoms with van der Waals surface area (Å²) in [6, 6.07) is 18.1. The summed E-state index contributed by atoms with van der Waals surface area (Å²) >= 11 is 0. The first-order valence-corrected chi connectivity index (χ1v) is 10.4. The van der Waals surface area contributed by atoms with Crippen LogP contribution >= 0.6 is 0 Å². The minimum absolute atomic E-state index is 0.0320. The summed E-state index contributed by atoms with van der Waals surface area (Å²) in [7, 11) is 0. The summed E-state index contributed by atoms with van der Waals surface area (Å²) in [6.45, 7) is 4.33. The first kappa shape index (κ1) is 18.8. The molecule has 3 aromatic rings. The van der Waals surface area contributed by atoms with Crippen molar-refractivity contribution in [2.45, 2.75) is 51.9 Å². The average Bonchev–Trinajstić information content (AvgIpc) is 2.74. The van der Waals surface area contributed by atoms with Crippen LogP contribution < -0.4 is 0 Å². The molecule has 142 valence electrons. The number of halogens is 1. The normalized spacial score (nSPS) is 19.2. The topological polar surface area (TPSA) is 0 Å². The lowest BCUT2D eigenvalue weighted by atomic mass is 9.77. The molecule has 0 spiro atoms. The number of benzene rings is 3. The van der Waals surface area contributed by atoms with E-state index in [4.69, 9.17) is 0 Å². The second-order valence-electron chi connectivity index (χ2n) is 8.15. The van der Waals surface area contributed by atoms with Gasteiger partial charge < -0.3 is 0 Å². The van der Waals surface area contributed by atoms with Gasteiger partial charge in [-0.2, -0.15) is 0 Å². The Kier molecular flexibility index (Phi) is 5.49. The Morgan fingerprint density at radius 1 is 0.857 bits per heavy atom. The molecule has 0 saturated heterocycles. The molecule has 0 atom stereocenters. The van der Waals surface area contributed by atoms with Crippen molar-refractivity contribution in [1.82, 2.24) is 0 Å². The number of hydrogen-bond acceptors (Lipinski definition) is 0. The molecule has 0 N–H and O–H groups in total. The van der Waals surface area contributed by atoms with Gasteiger partial charge in [0.05, 0.1) is 0 Å². The highest BCUT2D eigenvalue weighted by molar-refractivity contribution is 5.85. The van der Waals surface area contributed by atoms with Gasteiger partial charge in [-0.1, -0.05) is 61.1 Å². The maximum atomic E-state index is 15.2. The molecular formula is C27H27F. The lowest BCUT2D eigenvalue weighted by molar-refractivity contribution is 0.315. The summed E-state index contributed by atoms with van der Waals surface area (Å²) in [5.41, 5.74) is 4.05. The van der Waals surface area contributed by atoms with Gasteiger partial charge in [-0.3, -0.25) is 0 Å². The van der Waals surface area contributed by atoms with Crippen molar-refractivity contribution in [2.75, 3.05) is 0 Å². The van der Waals surface area contributed by atoms with E-state index in [9.17, 15) is 0 Å². The molecule has 0 unspecified atom stereocenters. The Hall–Kier alpha value is -2.59. The molecule has 1 aliphatic rings. The summed E-state index contributed by atoms with van der Waals surface area (Å²) in [5.74, 6) is 7.57. The maximum absolute atomic E-state index is 15.2. The first-order chi connectivity index (χ1) is 13.6. The molecular weight excluding hydrogens is 343 g/mol. The van der Waals surface area contributed by atoms with Crippen molar-refractivity contribution >= 4 is 10.8 Å². The zero-order valence-corrected chi connectivity index (χ0v) is 16.8. The number of hydrogen-bond donors (Lipinski definition) is 0. The van der Waals surface area contributed by atoms with Gasteiger partial charge in [-0.15, -0.1) is 0 Å². The van der Waals surface area contributed by atoms with E-state index in [1.807, 2.05) is 36.4 Å². The lowest BCUT2D eigenvalue weighted by Crippen LogP contribution is -2.13. The molecule has 1 saturated carbocycles. The van der Waals surface area contributed by atoms with Crippen LogP contribution in [0.1, 0.15) is 67.2 Å². The van der Waals surface area contributed by atoms with E-state index >= 15 is 4.39 Å². The maximum Gasteiger partial charge on any atom is 0.134 e. The SMILES string of the molecule is CCC1CCC(c2ccc3cc(C#Cc4ccc(C)cc4)ccc3c2F)CC1. The van der Waals surface area contributed by atoms with Crippen LogP contribution in [0.5, 0.6) is 0 Å². The third-order valence-corrected chi connectivity index (χ3v) is 6.25. The van der Waals surface area contributed by atoms with E-state index in [2.05, 4.69) is 43.9 Å². The predicted octanol–water partition coefficient (Wildman–Crippen LogP) is 7.37. The minimum atomic E-state index is -0.0320. The molecule has 0 radical (unpaired) electrons. The summed E-state index contributed by atoms with van der Waals surface area (Å²) in [5, 5.41) is 1.65. The molecule has 0 amide bonds. The predicted molar refractivity (Wildman–Crippen MR) is 116 cm³/mol. The van der Waals surface area contributed by atoms with Gasteiger partial charge in [0.2, 0.25) is 0 Å². The monoisotopic (exact) mass is 370 g/mol. The van der Waals surface area contributed by atoms with Crippen molar-refractivity contribution in [3.8, 4) is 11.8 Å². The highest BCUT2D eigenvalue weighted by Gasteiger charge is 2.24. The van der Waals surface area contributed by atoms with Crippen LogP contribution in [0.3, 0.4) is 0 Å². The molecule has 0 nitrogen and oxygen atoms in total. The highest BCUT2D eigenvalue weighted by atomic mass is 19.1.